The fourth-order valence-corrected chi connectivity index (χ4v) is 5.12. The SMILES string of the molecule is CCOP(=O)(NC(=O)[C@@H](N)CCSC)OC[C@H]1O[C@@H](n2c(=O)[nH]c3c(N)ncnc32)[C@H](O)[C@@H]1O. The zero-order valence-corrected chi connectivity index (χ0v) is 20.2. The van der Waals surface area contributed by atoms with E-state index in [0.717, 1.165) is 10.9 Å². The molecular weight excluding hydrogens is 493 g/mol. The van der Waals surface area contributed by atoms with Crippen molar-refractivity contribution in [3.8, 4) is 0 Å². The van der Waals surface area contributed by atoms with Gasteiger partial charge in [0.2, 0.25) is 5.91 Å². The lowest BCUT2D eigenvalue weighted by Crippen LogP contribution is -2.40. The fraction of sp³-hybridized carbons (Fsp3) is 0.647. The van der Waals surface area contributed by atoms with Crippen LogP contribution in [0, 0.1) is 0 Å². The maximum absolute atomic E-state index is 13.0. The summed E-state index contributed by atoms with van der Waals surface area (Å²) in [6.07, 6.45) is -2.35. The molecule has 1 aliphatic rings. The molecule has 0 spiro atoms. The Bertz CT molecular complexity index is 1110. The predicted molar refractivity (Wildman–Crippen MR) is 123 cm³/mol. The predicted octanol–water partition coefficient (Wildman–Crippen LogP) is -1.32. The number of carbonyl (C=O) groups excluding carboxylic acids is 1. The minimum absolute atomic E-state index is 0.0119. The number of imidazole rings is 1. The lowest BCUT2D eigenvalue weighted by Gasteiger charge is -2.22. The Morgan fingerprint density at radius 1 is 1.41 bits per heavy atom. The summed E-state index contributed by atoms with van der Waals surface area (Å²) >= 11 is 1.50. The first kappa shape index (κ1) is 26.6. The third kappa shape index (κ3) is 5.60. The Hall–Kier alpha value is -2.04. The number of nitrogens with zero attached hydrogens (tertiary/aromatic N) is 3. The van der Waals surface area contributed by atoms with Gasteiger partial charge in [-0.15, -0.1) is 0 Å². The monoisotopic (exact) mass is 521 g/mol. The van der Waals surface area contributed by atoms with Crippen LogP contribution in [0.5, 0.6) is 0 Å². The number of aromatic amines is 1. The van der Waals surface area contributed by atoms with Crippen LogP contribution in [0.3, 0.4) is 0 Å². The second-order valence-corrected chi connectivity index (χ2v) is 10.1. The van der Waals surface area contributed by atoms with Crippen molar-refractivity contribution < 1.29 is 33.4 Å². The van der Waals surface area contributed by atoms with Crippen molar-refractivity contribution in [2.24, 2.45) is 5.73 Å². The third-order valence-corrected chi connectivity index (χ3v) is 7.28. The minimum atomic E-state index is -4.17. The largest absolute Gasteiger partial charge is 0.435 e. The molecule has 2 aromatic heterocycles. The van der Waals surface area contributed by atoms with E-state index in [1.54, 1.807) is 6.92 Å². The highest BCUT2D eigenvalue weighted by Gasteiger charge is 2.46. The van der Waals surface area contributed by atoms with Crippen LogP contribution in [0.15, 0.2) is 11.1 Å². The number of rotatable bonds is 11. The number of nitrogens with two attached hydrogens (primary N) is 2. The van der Waals surface area contributed by atoms with Crippen LogP contribution in [0.4, 0.5) is 5.82 Å². The molecule has 1 saturated heterocycles. The van der Waals surface area contributed by atoms with E-state index in [0.29, 0.717) is 12.2 Å². The van der Waals surface area contributed by atoms with Gasteiger partial charge in [0.15, 0.2) is 17.7 Å². The fourth-order valence-electron chi connectivity index (χ4n) is 3.31. The first-order valence-corrected chi connectivity index (χ1v) is 13.2. The molecular formula is C17H28N7O8PS. The number of ether oxygens (including phenoxy) is 1. The zero-order chi connectivity index (χ0) is 25.0. The van der Waals surface area contributed by atoms with Gasteiger partial charge in [0.05, 0.1) is 19.3 Å². The van der Waals surface area contributed by atoms with Crippen LogP contribution in [0.2, 0.25) is 0 Å². The van der Waals surface area contributed by atoms with Crippen LogP contribution in [0.25, 0.3) is 11.2 Å². The van der Waals surface area contributed by atoms with Gasteiger partial charge in [-0.2, -0.15) is 11.8 Å². The number of thioether (sulfide) groups is 1. The average molecular weight is 521 g/mol. The molecule has 0 aliphatic carbocycles. The molecule has 34 heavy (non-hydrogen) atoms. The number of aliphatic hydroxyl groups excluding tert-OH is 2. The van der Waals surface area contributed by atoms with Gasteiger partial charge in [0.25, 0.3) is 0 Å². The third-order valence-electron chi connectivity index (χ3n) is 5.05. The van der Waals surface area contributed by atoms with Gasteiger partial charge < -0.3 is 31.4 Å². The number of hydrogen-bond acceptors (Lipinski definition) is 13. The Morgan fingerprint density at radius 2 is 2.15 bits per heavy atom. The highest BCUT2D eigenvalue weighted by Crippen LogP contribution is 2.45. The average Bonchev–Trinajstić information content (AvgIpc) is 3.27. The van der Waals surface area contributed by atoms with Crippen molar-refractivity contribution in [3.05, 3.63) is 16.8 Å². The van der Waals surface area contributed by atoms with Crippen molar-refractivity contribution >= 4 is 42.4 Å². The van der Waals surface area contributed by atoms with Crippen LogP contribution >= 0.6 is 19.5 Å². The summed E-state index contributed by atoms with van der Waals surface area (Å²) in [5.41, 5.74) is 11.0. The Labute approximate surface area is 198 Å². The molecule has 0 aromatic carbocycles. The van der Waals surface area contributed by atoms with E-state index in [1.165, 1.54) is 11.8 Å². The molecule has 1 fully saturated rings. The summed E-state index contributed by atoms with van der Waals surface area (Å²) < 4.78 is 30.0. The molecule has 2 aromatic rings. The normalized spacial score (nSPS) is 25.3. The Kier molecular flexibility index (Phi) is 8.70. The molecule has 0 bridgehead atoms. The number of aliphatic hydroxyl groups is 2. The molecule has 3 heterocycles. The van der Waals surface area contributed by atoms with Crippen LogP contribution < -0.4 is 22.2 Å². The van der Waals surface area contributed by atoms with E-state index >= 15 is 0 Å². The van der Waals surface area contributed by atoms with Gasteiger partial charge in [0.1, 0.15) is 30.2 Å². The molecule has 0 radical (unpaired) electrons. The number of aromatic nitrogens is 4. The van der Waals surface area contributed by atoms with Crippen molar-refractivity contribution in [2.75, 3.05) is 31.0 Å². The molecule has 3 rings (SSSR count). The molecule has 1 amide bonds. The lowest BCUT2D eigenvalue weighted by molar-refractivity contribution is -0.121. The quantitative estimate of drug-likeness (QED) is 0.189. The summed E-state index contributed by atoms with van der Waals surface area (Å²) in [7, 11) is -4.17. The molecule has 1 aliphatic heterocycles. The highest BCUT2D eigenvalue weighted by molar-refractivity contribution is 7.98. The van der Waals surface area contributed by atoms with E-state index < -0.39 is 56.5 Å². The second-order valence-electron chi connectivity index (χ2n) is 7.38. The summed E-state index contributed by atoms with van der Waals surface area (Å²) in [6, 6.07) is -0.924. The van der Waals surface area contributed by atoms with Crippen LogP contribution in [0.1, 0.15) is 19.6 Å². The Balaban J connectivity index is 1.73. The number of carbonyl (C=O) groups is 1. The topological polar surface area (TPSA) is 230 Å². The van der Waals surface area contributed by atoms with Gasteiger partial charge >= 0.3 is 13.4 Å². The van der Waals surface area contributed by atoms with Crippen molar-refractivity contribution in [1.29, 1.82) is 0 Å². The molecule has 0 saturated carbocycles. The summed E-state index contributed by atoms with van der Waals surface area (Å²) in [4.78, 5) is 35.0. The zero-order valence-electron chi connectivity index (χ0n) is 18.5. The van der Waals surface area contributed by atoms with Crippen LogP contribution in [-0.4, -0.2) is 85.2 Å². The molecule has 6 atom stereocenters. The number of nitrogens with one attached hydrogen (secondary N) is 2. The maximum Gasteiger partial charge on any atom is 0.435 e. The van der Waals surface area contributed by atoms with E-state index in [4.69, 9.17) is 25.3 Å². The van der Waals surface area contributed by atoms with Gasteiger partial charge in [-0.05, 0) is 25.4 Å². The van der Waals surface area contributed by atoms with Gasteiger partial charge in [-0.25, -0.2) is 23.9 Å². The van der Waals surface area contributed by atoms with E-state index in [2.05, 4.69) is 20.0 Å². The first-order valence-electron chi connectivity index (χ1n) is 10.3. The number of amides is 1. The summed E-state index contributed by atoms with van der Waals surface area (Å²) in [6.45, 7) is 0.955. The Morgan fingerprint density at radius 3 is 2.82 bits per heavy atom. The molecule has 15 nitrogen and oxygen atoms in total. The van der Waals surface area contributed by atoms with E-state index in [1.807, 2.05) is 6.26 Å². The van der Waals surface area contributed by atoms with E-state index in [9.17, 15) is 24.4 Å². The number of nitrogen functional groups attached to an aromatic ring is 1. The summed E-state index contributed by atoms with van der Waals surface area (Å²) in [5.74, 6) is -0.0864. The molecule has 190 valence electrons. The van der Waals surface area contributed by atoms with Crippen molar-refractivity contribution in [2.45, 2.75) is 43.9 Å². The smallest absolute Gasteiger partial charge is 0.387 e. The van der Waals surface area contributed by atoms with E-state index in [-0.39, 0.29) is 23.6 Å². The maximum atomic E-state index is 13.0. The molecule has 17 heteroatoms. The van der Waals surface area contributed by atoms with Crippen molar-refractivity contribution in [1.82, 2.24) is 24.6 Å². The van der Waals surface area contributed by atoms with Gasteiger partial charge in [-0.3, -0.25) is 18.9 Å². The number of fused-ring (bicyclic) bond motifs is 1. The van der Waals surface area contributed by atoms with Gasteiger partial charge in [-0.1, -0.05) is 0 Å². The van der Waals surface area contributed by atoms with Gasteiger partial charge in [0, 0.05) is 0 Å². The minimum Gasteiger partial charge on any atom is -0.387 e. The number of hydrogen-bond donors (Lipinski definition) is 6. The number of anilines is 1. The molecule has 8 N–H and O–H groups in total. The highest BCUT2D eigenvalue weighted by atomic mass is 32.2. The first-order chi connectivity index (χ1) is 16.1. The lowest BCUT2D eigenvalue weighted by atomic mass is 10.1. The van der Waals surface area contributed by atoms with Crippen LogP contribution in [-0.2, 0) is 23.1 Å². The number of H-pyrrole nitrogens is 1. The standard InChI is InChI=1S/C17H28N7O8PS/c1-3-30-33(29,23-15(27)8(18)4-5-34-2)31-6-9-11(25)12(26)16(32-9)24-14-10(22-17(24)28)13(19)20-7-21-14/h7-9,11-12,16,25-26H,3-6,18H2,1-2H3,(H,22,28)(H2,19,20,21)(H,23,27,29)/t8-,9+,11+,12+,16+,33?/m0/s1. The van der Waals surface area contributed by atoms with Crippen molar-refractivity contribution in [3.63, 3.8) is 0 Å². The molecule has 1 unspecified atom stereocenters. The second kappa shape index (κ2) is 11.1. The summed E-state index contributed by atoms with van der Waals surface area (Å²) in [5, 5.41) is 23.2.